The molecule has 0 amide bonds. The number of hydrogen-bond donors (Lipinski definition) is 0. The molecule has 0 heterocycles. The first-order valence-electron chi connectivity index (χ1n) is 5.43. The van der Waals surface area contributed by atoms with Crippen LogP contribution in [0.15, 0.2) is 22.7 Å². The highest BCUT2D eigenvalue weighted by molar-refractivity contribution is 9.10. The lowest BCUT2D eigenvalue weighted by Gasteiger charge is -2.26. The van der Waals surface area contributed by atoms with Crippen LogP contribution in [-0.2, 0) is 6.42 Å². The number of ether oxygens (including phenoxy) is 1. The van der Waals surface area contributed by atoms with Gasteiger partial charge in [0, 0.05) is 10.4 Å². The zero-order chi connectivity index (χ0) is 12.2. The lowest BCUT2D eigenvalue weighted by Crippen LogP contribution is -2.20. The van der Waals surface area contributed by atoms with Gasteiger partial charge in [-0.1, -0.05) is 29.8 Å². The summed E-state index contributed by atoms with van der Waals surface area (Å²) >= 11 is 9.53. The fourth-order valence-corrected chi connectivity index (χ4v) is 2.30. The molecule has 0 bridgehead atoms. The standard InChI is InChI=1S/C13H18BrClO/c1-4-13(2,9-15)8-10-7-11(14)5-6-12(10)16-3/h5-7H,4,8-9H2,1-3H3. The molecule has 0 fully saturated rings. The summed E-state index contributed by atoms with van der Waals surface area (Å²) in [4.78, 5) is 0. The molecular weight excluding hydrogens is 287 g/mol. The maximum Gasteiger partial charge on any atom is 0.122 e. The molecule has 0 N–H and O–H groups in total. The second-order valence-electron chi connectivity index (χ2n) is 4.43. The van der Waals surface area contributed by atoms with Gasteiger partial charge in [0.25, 0.3) is 0 Å². The van der Waals surface area contributed by atoms with Gasteiger partial charge >= 0.3 is 0 Å². The Hall–Kier alpha value is -0.210. The summed E-state index contributed by atoms with van der Waals surface area (Å²) < 4.78 is 6.45. The number of hydrogen-bond acceptors (Lipinski definition) is 1. The quantitative estimate of drug-likeness (QED) is 0.719. The third kappa shape index (κ3) is 3.39. The molecule has 1 aromatic carbocycles. The normalized spacial score (nSPS) is 14.6. The van der Waals surface area contributed by atoms with Crippen LogP contribution in [0.2, 0.25) is 0 Å². The molecular formula is C13H18BrClO. The molecule has 1 rings (SSSR count). The second-order valence-corrected chi connectivity index (χ2v) is 5.61. The van der Waals surface area contributed by atoms with E-state index in [1.165, 1.54) is 5.56 Å². The number of rotatable bonds is 5. The minimum Gasteiger partial charge on any atom is -0.496 e. The van der Waals surface area contributed by atoms with E-state index in [1.54, 1.807) is 7.11 Å². The van der Waals surface area contributed by atoms with Crippen LogP contribution in [0, 0.1) is 5.41 Å². The van der Waals surface area contributed by atoms with E-state index < -0.39 is 0 Å². The maximum absolute atomic E-state index is 6.04. The van der Waals surface area contributed by atoms with Crippen LogP contribution in [0.25, 0.3) is 0 Å². The Bertz CT molecular complexity index is 348. The SMILES string of the molecule is CCC(C)(CCl)Cc1cc(Br)ccc1OC. The summed E-state index contributed by atoms with van der Waals surface area (Å²) in [6.45, 7) is 4.38. The fourth-order valence-electron chi connectivity index (χ4n) is 1.61. The first-order valence-corrected chi connectivity index (χ1v) is 6.76. The van der Waals surface area contributed by atoms with Gasteiger partial charge in [-0.15, -0.1) is 11.6 Å². The van der Waals surface area contributed by atoms with E-state index in [4.69, 9.17) is 16.3 Å². The minimum atomic E-state index is 0.135. The number of halogens is 2. The van der Waals surface area contributed by atoms with Crippen LogP contribution >= 0.6 is 27.5 Å². The van der Waals surface area contributed by atoms with Crippen molar-refractivity contribution in [3.8, 4) is 5.75 Å². The average molecular weight is 306 g/mol. The summed E-state index contributed by atoms with van der Waals surface area (Å²) in [5, 5.41) is 0. The summed E-state index contributed by atoms with van der Waals surface area (Å²) in [7, 11) is 1.71. The largest absolute Gasteiger partial charge is 0.496 e. The fraction of sp³-hybridized carbons (Fsp3) is 0.538. The number of benzene rings is 1. The lowest BCUT2D eigenvalue weighted by molar-refractivity contribution is 0.343. The van der Waals surface area contributed by atoms with Crippen LogP contribution in [-0.4, -0.2) is 13.0 Å². The van der Waals surface area contributed by atoms with Crippen LogP contribution < -0.4 is 4.74 Å². The molecule has 1 unspecified atom stereocenters. The van der Waals surface area contributed by atoms with Gasteiger partial charge in [-0.05, 0) is 42.0 Å². The van der Waals surface area contributed by atoms with Gasteiger partial charge in [0.05, 0.1) is 7.11 Å². The van der Waals surface area contributed by atoms with Crippen molar-refractivity contribution in [3.63, 3.8) is 0 Å². The van der Waals surface area contributed by atoms with E-state index >= 15 is 0 Å². The van der Waals surface area contributed by atoms with Crippen molar-refractivity contribution < 1.29 is 4.74 Å². The van der Waals surface area contributed by atoms with Crippen LogP contribution in [0.3, 0.4) is 0 Å². The zero-order valence-corrected chi connectivity index (χ0v) is 12.4. The highest BCUT2D eigenvalue weighted by atomic mass is 79.9. The molecule has 90 valence electrons. The Morgan fingerprint density at radius 3 is 2.62 bits per heavy atom. The van der Waals surface area contributed by atoms with Crippen LogP contribution in [0.1, 0.15) is 25.8 Å². The molecule has 0 saturated heterocycles. The minimum absolute atomic E-state index is 0.135. The Morgan fingerprint density at radius 1 is 1.44 bits per heavy atom. The molecule has 0 aliphatic carbocycles. The van der Waals surface area contributed by atoms with E-state index in [-0.39, 0.29) is 5.41 Å². The molecule has 1 aromatic rings. The molecule has 0 aliphatic rings. The van der Waals surface area contributed by atoms with E-state index in [9.17, 15) is 0 Å². The molecule has 0 spiro atoms. The van der Waals surface area contributed by atoms with Crippen molar-refractivity contribution in [1.82, 2.24) is 0 Å². The van der Waals surface area contributed by atoms with Crippen molar-refractivity contribution in [3.05, 3.63) is 28.2 Å². The predicted molar refractivity (Wildman–Crippen MR) is 73.5 cm³/mol. The van der Waals surface area contributed by atoms with Gasteiger partial charge in [0.15, 0.2) is 0 Å². The second kappa shape index (κ2) is 5.92. The summed E-state index contributed by atoms with van der Waals surface area (Å²) in [6.07, 6.45) is 2.00. The first-order chi connectivity index (χ1) is 7.54. The van der Waals surface area contributed by atoms with Gasteiger partial charge in [-0.3, -0.25) is 0 Å². The molecule has 16 heavy (non-hydrogen) atoms. The van der Waals surface area contributed by atoms with Crippen molar-refractivity contribution >= 4 is 27.5 Å². The Labute approximate surface area is 111 Å². The van der Waals surface area contributed by atoms with Crippen molar-refractivity contribution in [1.29, 1.82) is 0 Å². The van der Waals surface area contributed by atoms with Crippen molar-refractivity contribution in [2.75, 3.05) is 13.0 Å². The van der Waals surface area contributed by atoms with Gasteiger partial charge in [0.2, 0.25) is 0 Å². The van der Waals surface area contributed by atoms with Gasteiger partial charge in [0.1, 0.15) is 5.75 Å². The average Bonchev–Trinajstić information content (AvgIpc) is 2.29. The Kier molecular flexibility index (Phi) is 5.13. The maximum atomic E-state index is 6.04. The topological polar surface area (TPSA) is 9.23 Å². The smallest absolute Gasteiger partial charge is 0.122 e. The Morgan fingerprint density at radius 2 is 2.12 bits per heavy atom. The molecule has 0 aromatic heterocycles. The summed E-state index contributed by atoms with van der Waals surface area (Å²) in [6, 6.07) is 6.09. The predicted octanol–water partition coefficient (Wildman–Crippen LogP) is 4.66. The first kappa shape index (κ1) is 13.9. The van der Waals surface area contributed by atoms with Gasteiger partial charge in [-0.25, -0.2) is 0 Å². The molecule has 1 nitrogen and oxygen atoms in total. The monoisotopic (exact) mass is 304 g/mol. The van der Waals surface area contributed by atoms with E-state index in [1.807, 2.05) is 12.1 Å². The van der Waals surface area contributed by atoms with Gasteiger partial charge < -0.3 is 4.74 Å². The van der Waals surface area contributed by atoms with Crippen LogP contribution in [0.4, 0.5) is 0 Å². The molecule has 3 heteroatoms. The molecule has 0 radical (unpaired) electrons. The van der Waals surface area contributed by atoms with Crippen molar-refractivity contribution in [2.24, 2.45) is 5.41 Å². The third-order valence-electron chi connectivity index (χ3n) is 3.04. The highest BCUT2D eigenvalue weighted by Gasteiger charge is 2.23. The molecule has 1 atom stereocenters. The zero-order valence-electron chi connectivity index (χ0n) is 10.0. The Balaban J connectivity index is 2.98. The number of methoxy groups -OCH3 is 1. The van der Waals surface area contributed by atoms with E-state index in [0.29, 0.717) is 5.88 Å². The van der Waals surface area contributed by atoms with Gasteiger partial charge in [-0.2, -0.15) is 0 Å². The van der Waals surface area contributed by atoms with Crippen molar-refractivity contribution in [2.45, 2.75) is 26.7 Å². The van der Waals surface area contributed by atoms with Crippen LogP contribution in [0.5, 0.6) is 5.75 Å². The van der Waals surface area contributed by atoms with E-state index in [0.717, 1.165) is 23.1 Å². The molecule has 0 aliphatic heterocycles. The lowest BCUT2D eigenvalue weighted by atomic mass is 9.83. The van der Waals surface area contributed by atoms with E-state index in [2.05, 4.69) is 35.8 Å². The molecule has 0 saturated carbocycles. The number of alkyl halides is 1. The summed E-state index contributed by atoms with van der Waals surface area (Å²) in [5.41, 5.74) is 1.34. The third-order valence-corrected chi connectivity index (χ3v) is 4.17. The highest BCUT2D eigenvalue weighted by Crippen LogP contribution is 2.33. The summed E-state index contributed by atoms with van der Waals surface area (Å²) in [5.74, 6) is 1.60.